The number of aliphatic hydroxyl groups is 1. The summed E-state index contributed by atoms with van der Waals surface area (Å²) in [6, 6.07) is 11.9. The van der Waals surface area contributed by atoms with Crippen LogP contribution in [0.5, 0.6) is 5.75 Å². The van der Waals surface area contributed by atoms with Gasteiger partial charge in [0.2, 0.25) is 0 Å². The molecular formula is C17H20O2. The van der Waals surface area contributed by atoms with Crippen LogP contribution in [0.1, 0.15) is 33.9 Å². The number of aryl methyl sites for hydroxylation is 3. The summed E-state index contributed by atoms with van der Waals surface area (Å²) in [6.45, 7) is 6.06. The van der Waals surface area contributed by atoms with Crippen molar-refractivity contribution in [3.8, 4) is 5.75 Å². The minimum Gasteiger partial charge on any atom is -0.497 e. The van der Waals surface area contributed by atoms with Gasteiger partial charge in [-0.2, -0.15) is 0 Å². The monoisotopic (exact) mass is 256 g/mol. The summed E-state index contributed by atoms with van der Waals surface area (Å²) < 4.78 is 5.20. The molecule has 1 atom stereocenters. The highest BCUT2D eigenvalue weighted by Gasteiger charge is 2.17. The van der Waals surface area contributed by atoms with Crippen LogP contribution in [0.4, 0.5) is 0 Å². The Bertz CT molecular complexity index is 568. The van der Waals surface area contributed by atoms with Gasteiger partial charge < -0.3 is 9.84 Å². The Labute approximate surface area is 114 Å². The summed E-state index contributed by atoms with van der Waals surface area (Å²) >= 11 is 0. The number of hydrogen-bond donors (Lipinski definition) is 1. The lowest BCUT2D eigenvalue weighted by Crippen LogP contribution is -2.06. The van der Waals surface area contributed by atoms with Gasteiger partial charge in [-0.25, -0.2) is 0 Å². The van der Waals surface area contributed by atoms with Gasteiger partial charge in [0.25, 0.3) is 0 Å². The average molecular weight is 256 g/mol. The molecule has 1 unspecified atom stereocenters. The van der Waals surface area contributed by atoms with Crippen molar-refractivity contribution in [1.29, 1.82) is 0 Å². The van der Waals surface area contributed by atoms with Gasteiger partial charge >= 0.3 is 0 Å². The molecule has 0 fully saturated rings. The van der Waals surface area contributed by atoms with E-state index in [4.69, 9.17) is 4.74 Å². The second-order valence-corrected chi connectivity index (χ2v) is 4.93. The number of aliphatic hydroxyl groups excluding tert-OH is 1. The molecule has 0 radical (unpaired) electrons. The molecule has 100 valence electrons. The molecule has 0 aromatic heterocycles. The largest absolute Gasteiger partial charge is 0.497 e. The zero-order valence-corrected chi connectivity index (χ0v) is 11.9. The predicted octanol–water partition coefficient (Wildman–Crippen LogP) is 3.70. The molecule has 0 amide bonds. The summed E-state index contributed by atoms with van der Waals surface area (Å²) in [7, 11) is 1.65. The average Bonchev–Trinajstić information content (AvgIpc) is 2.38. The molecule has 1 N–H and O–H groups in total. The highest BCUT2D eigenvalue weighted by Crippen LogP contribution is 2.31. The smallest absolute Gasteiger partial charge is 0.119 e. The summed E-state index contributed by atoms with van der Waals surface area (Å²) in [5, 5.41) is 10.7. The molecule has 0 aliphatic rings. The van der Waals surface area contributed by atoms with Crippen LogP contribution in [0.3, 0.4) is 0 Å². The first kappa shape index (κ1) is 13.6. The maximum atomic E-state index is 10.7. The Morgan fingerprint density at radius 1 is 0.947 bits per heavy atom. The fraction of sp³-hybridized carbons (Fsp3) is 0.294. The SMILES string of the molecule is COc1ccc(C(O)c2c(C)cccc2C)c(C)c1. The first-order chi connectivity index (χ1) is 9.04. The van der Waals surface area contributed by atoms with Gasteiger partial charge in [-0.05, 0) is 60.7 Å². The van der Waals surface area contributed by atoms with Crippen LogP contribution >= 0.6 is 0 Å². The molecule has 19 heavy (non-hydrogen) atoms. The third-order valence-electron chi connectivity index (χ3n) is 3.59. The van der Waals surface area contributed by atoms with E-state index in [0.717, 1.165) is 33.6 Å². The van der Waals surface area contributed by atoms with E-state index in [2.05, 4.69) is 0 Å². The topological polar surface area (TPSA) is 29.5 Å². The Morgan fingerprint density at radius 3 is 2.11 bits per heavy atom. The quantitative estimate of drug-likeness (QED) is 0.907. The van der Waals surface area contributed by atoms with Crippen LogP contribution in [-0.4, -0.2) is 12.2 Å². The number of hydrogen-bond acceptors (Lipinski definition) is 2. The third-order valence-corrected chi connectivity index (χ3v) is 3.59. The van der Waals surface area contributed by atoms with Gasteiger partial charge in [0.1, 0.15) is 11.9 Å². The molecule has 2 aromatic rings. The first-order valence-corrected chi connectivity index (χ1v) is 6.43. The van der Waals surface area contributed by atoms with Gasteiger partial charge in [0.05, 0.1) is 7.11 Å². The molecule has 0 aliphatic heterocycles. The fourth-order valence-corrected chi connectivity index (χ4v) is 2.50. The molecule has 2 aromatic carbocycles. The molecule has 2 rings (SSSR count). The maximum absolute atomic E-state index is 10.7. The van der Waals surface area contributed by atoms with E-state index in [1.165, 1.54) is 0 Å². The zero-order valence-electron chi connectivity index (χ0n) is 11.9. The highest BCUT2D eigenvalue weighted by atomic mass is 16.5. The van der Waals surface area contributed by atoms with Gasteiger partial charge in [-0.1, -0.05) is 24.3 Å². The molecule has 0 bridgehead atoms. The van der Waals surface area contributed by atoms with Crippen molar-refractivity contribution >= 4 is 0 Å². The minimum absolute atomic E-state index is 0.591. The lowest BCUT2D eigenvalue weighted by molar-refractivity contribution is 0.218. The Balaban J connectivity index is 2.47. The van der Waals surface area contributed by atoms with E-state index in [1.807, 2.05) is 57.2 Å². The second-order valence-electron chi connectivity index (χ2n) is 4.93. The van der Waals surface area contributed by atoms with Gasteiger partial charge in [-0.3, -0.25) is 0 Å². The number of ether oxygens (including phenoxy) is 1. The molecule has 0 saturated heterocycles. The van der Waals surface area contributed by atoms with Crippen molar-refractivity contribution in [3.05, 3.63) is 64.2 Å². The van der Waals surface area contributed by atoms with Gasteiger partial charge in [0.15, 0.2) is 0 Å². The van der Waals surface area contributed by atoms with Crippen molar-refractivity contribution in [2.75, 3.05) is 7.11 Å². The summed E-state index contributed by atoms with van der Waals surface area (Å²) in [6.07, 6.45) is -0.591. The number of methoxy groups -OCH3 is 1. The van der Waals surface area contributed by atoms with Gasteiger partial charge in [0, 0.05) is 0 Å². The van der Waals surface area contributed by atoms with Crippen molar-refractivity contribution in [3.63, 3.8) is 0 Å². The van der Waals surface area contributed by atoms with Crippen molar-refractivity contribution in [1.82, 2.24) is 0 Å². The van der Waals surface area contributed by atoms with E-state index in [-0.39, 0.29) is 0 Å². The van der Waals surface area contributed by atoms with E-state index in [9.17, 15) is 5.11 Å². The normalized spacial score (nSPS) is 12.3. The molecule has 0 heterocycles. The van der Waals surface area contributed by atoms with Crippen LogP contribution < -0.4 is 4.74 Å². The molecule has 0 spiro atoms. The second kappa shape index (κ2) is 5.45. The van der Waals surface area contributed by atoms with Crippen LogP contribution in [0.15, 0.2) is 36.4 Å². The summed E-state index contributed by atoms with van der Waals surface area (Å²) in [4.78, 5) is 0. The van der Waals surface area contributed by atoms with E-state index < -0.39 is 6.10 Å². The molecular weight excluding hydrogens is 236 g/mol. The number of benzene rings is 2. The van der Waals surface area contributed by atoms with Crippen molar-refractivity contribution < 1.29 is 9.84 Å². The lowest BCUT2D eigenvalue weighted by atomic mass is 9.91. The van der Waals surface area contributed by atoms with Crippen molar-refractivity contribution in [2.45, 2.75) is 26.9 Å². The maximum Gasteiger partial charge on any atom is 0.119 e. The number of rotatable bonds is 3. The highest BCUT2D eigenvalue weighted by molar-refractivity contribution is 5.44. The minimum atomic E-state index is -0.591. The summed E-state index contributed by atoms with van der Waals surface area (Å²) in [5.41, 5.74) is 5.19. The standard InChI is InChI=1S/C17H20O2/c1-11-6-5-7-12(2)16(11)17(18)15-9-8-14(19-4)10-13(15)3/h5-10,17-18H,1-4H3. The molecule has 2 heteroatoms. The molecule has 2 nitrogen and oxygen atoms in total. The Kier molecular flexibility index (Phi) is 3.91. The summed E-state index contributed by atoms with van der Waals surface area (Å²) in [5.74, 6) is 0.815. The third kappa shape index (κ3) is 2.64. The Morgan fingerprint density at radius 2 is 1.58 bits per heavy atom. The molecule has 0 saturated carbocycles. The first-order valence-electron chi connectivity index (χ1n) is 6.43. The van der Waals surface area contributed by atoms with Crippen LogP contribution in [0, 0.1) is 20.8 Å². The van der Waals surface area contributed by atoms with Crippen molar-refractivity contribution in [2.24, 2.45) is 0 Å². The van der Waals surface area contributed by atoms with E-state index >= 15 is 0 Å². The van der Waals surface area contributed by atoms with Crippen LogP contribution in [-0.2, 0) is 0 Å². The fourth-order valence-electron chi connectivity index (χ4n) is 2.50. The lowest BCUT2D eigenvalue weighted by Gasteiger charge is -2.19. The molecule has 0 aliphatic carbocycles. The van der Waals surface area contributed by atoms with Gasteiger partial charge in [-0.15, -0.1) is 0 Å². The van der Waals surface area contributed by atoms with E-state index in [1.54, 1.807) is 7.11 Å². The van der Waals surface area contributed by atoms with E-state index in [0.29, 0.717) is 0 Å². The van der Waals surface area contributed by atoms with Crippen LogP contribution in [0.25, 0.3) is 0 Å². The Hall–Kier alpha value is -1.80. The predicted molar refractivity (Wildman–Crippen MR) is 77.7 cm³/mol. The van der Waals surface area contributed by atoms with Crippen LogP contribution in [0.2, 0.25) is 0 Å². The zero-order chi connectivity index (χ0) is 14.0.